The summed E-state index contributed by atoms with van der Waals surface area (Å²) in [6.45, 7) is 2.30. The van der Waals surface area contributed by atoms with Gasteiger partial charge in [-0.1, -0.05) is 6.08 Å². The van der Waals surface area contributed by atoms with Crippen molar-refractivity contribution < 1.29 is 8.78 Å². The Morgan fingerprint density at radius 3 is 2.67 bits per heavy atom. The second-order valence-corrected chi connectivity index (χ2v) is 8.26. The molecule has 0 saturated carbocycles. The summed E-state index contributed by atoms with van der Waals surface area (Å²) in [5.74, 6) is -1.39. The monoisotopic (exact) mass is 424 g/mol. The average molecular weight is 425 g/mol. The van der Waals surface area contributed by atoms with Crippen LogP contribution in [0.1, 0.15) is 30.7 Å². The molecule has 0 radical (unpaired) electrons. The standard InChI is InChI=1S/C23H22F2N4S/c24-20-5-3-16(12-21(20)25)28-23(30)27-15-4-6-22-18(11-15)19(13-26-22)14-7-9-29-8-1-2-17(29)10-14/h3-6,10-14,26H,1-2,7-9H2,(H2,27,28,30). The van der Waals surface area contributed by atoms with E-state index in [-0.39, 0.29) is 0 Å². The molecule has 1 saturated heterocycles. The largest absolute Gasteiger partial charge is 0.375 e. The number of hydrogen-bond donors (Lipinski definition) is 3. The van der Waals surface area contributed by atoms with Crippen molar-refractivity contribution in [3.63, 3.8) is 0 Å². The van der Waals surface area contributed by atoms with Gasteiger partial charge in [-0.25, -0.2) is 8.78 Å². The molecule has 0 bridgehead atoms. The fraction of sp³-hybridized carbons (Fsp3) is 0.261. The number of aromatic nitrogens is 1. The van der Waals surface area contributed by atoms with Crippen molar-refractivity contribution in [1.82, 2.24) is 9.88 Å². The molecule has 1 fully saturated rings. The summed E-state index contributed by atoms with van der Waals surface area (Å²) >= 11 is 5.34. The first-order chi connectivity index (χ1) is 14.6. The van der Waals surface area contributed by atoms with Gasteiger partial charge in [0.2, 0.25) is 0 Å². The second-order valence-electron chi connectivity index (χ2n) is 7.86. The van der Waals surface area contributed by atoms with Gasteiger partial charge >= 0.3 is 0 Å². The van der Waals surface area contributed by atoms with E-state index in [0.717, 1.165) is 36.3 Å². The van der Waals surface area contributed by atoms with Crippen molar-refractivity contribution in [2.45, 2.75) is 25.2 Å². The highest BCUT2D eigenvalue weighted by atomic mass is 32.1. The predicted octanol–water partition coefficient (Wildman–Crippen LogP) is 5.72. The zero-order chi connectivity index (χ0) is 20.7. The fourth-order valence-electron chi connectivity index (χ4n) is 4.45. The number of benzene rings is 2. The van der Waals surface area contributed by atoms with E-state index in [4.69, 9.17) is 12.2 Å². The molecule has 3 heterocycles. The van der Waals surface area contributed by atoms with Crippen LogP contribution in [0, 0.1) is 11.6 Å². The minimum Gasteiger partial charge on any atom is -0.375 e. The molecule has 30 heavy (non-hydrogen) atoms. The number of thiocarbonyl (C=S) groups is 1. The summed E-state index contributed by atoms with van der Waals surface area (Å²) in [5, 5.41) is 7.52. The van der Waals surface area contributed by atoms with Crippen LogP contribution in [0.5, 0.6) is 0 Å². The molecule has 154 valence electrons. The van der Waals surface area contributed by atoms with Crippen LogP contribution in [-0.4, -0.2) is 28.1 Å². The van der Waals surface area contributed by atoms with E-state index in [1.165, 1.54) is 42.1 Å². The highest BCUT2D eigenvalue weighted by molar-refractivity contribution is 7.80. The lowest BCUT2D eigenvalue weighted by molar-refractivity contribution is 0.356. The van der Waals surface area contributed by atoms with Gasteiger partial charge in [0.15, 0.2) is 16.7 Å². The van der Waals surface area contributed by atoms with E-state index in [0.29, 0.717) is 16.7 Å². The normalized spacial score (nSPS) is 18.3. The fourth-order valence-corrected chi connectivity index (χ4v) is 4.68. The van der Waals surface area contributed by atoms with E-state index >= 15 is 0 Å². The lowest BCUT2D eigenvalue weighted by Crippen LogP contribution is -2.25. The summed E-state index contributed by atoms with van der Waals surface area (Å²) in [7, 11) is 0. The summed E-state index contributed by atoms with van der Waals surface area (Å²) in [6.07, 6.45) is 8.08. The first-order valence-corrected chi connectivity index (χ1v) is 10.6. The van der Waals surface area contributed by atoms with Crippen LogP contribution >= 0.6 is 12.2 Å². The average Bonchev–Trinajstić information content (AvgIpc) is 3.36. The number of nitrogens with one attached hydrogen (secondary N) is 3. The molecular weight excluding hydrogens is 402 g/mol. The third-order valence-corrected chi connectivity index (χ3v) is 6.12. The Morgan fingerprint density at radius 2 is 1.83 bits per heavy atom. The maximum absolute atomic E-state index is 13.4. The highest BCUT2D eigenvalue weighted by Gasteiger charge is 2.25. The molecule has 3 N–H and O–H groups in total. The van der Waals surface area contributed by atoms with Crippen LogP contribution in [0.2, 0.25) is 0 Å². The zero-order valence-electron chi connectivity index (χ0n) is 16.3. The van der Waals surface area contributed by atoms with E-state index < -0.39 is 11.6 Å². The molecular formula is C23H22F2N4S. The minimum atomic E-state index is -0.913. The van der Waals surface area contributed by atoms with Crippen molar-refractivity contribution in [3.8, 4) is 0 Å². The Kier molecular flexibility index (Phi) is 4.90. The minimum absolute atomic E-state index is 0.318. The van der Waals surface area contributed by atoms with Gasteiger partial charge in [0.25, 0.3) is 0 Å². The highest BCUT2D eigenvalue weighted by Crippen LogP contribution is 2.37. The van der Waals surface area contributed by atoms with Crippen molar-refractivity contribution in [1.29, 1.82) is 0 Å². The van der Waals surface area contributed by atoms with E-state index in [1.54, 1.807) is 0 Å². The summed E-state index contributed by atoms with van der Waals surface area (Å²) in [6, 6.07) is 9.66. The lowest BCUT2D eigenvalue weighted by atomic mass is 9.91. The Balaban J connectivity index is 1.35. The van der Waals surface area contributed by atoms with Gasteiger partial charge in [0.1, 0.15) is 0 Å². The van der Waals surface area contributed by atoms with Crippen molar-refractivity contribution in [3.05, 3.63) is 71.6 Å². The number of aromatic amines is 1. The maximum atomic E-state index is 13.4. The number of H-pyrrole nitrogens is 1. The van der Waals surface area contributed by atoms with Gasteiger partial charge in [0.05, 0.1) is 0 Å². The summed E-state index contributed by atoms with van der Waals surface area (Å²) in [4.78, 5) is 5.88. The molecule has 1 aromatic heterocycles. The summed E-state index contributed by atoms with van der Waals surface area (Å²) in [5.41, 5.74) is 5.10. The lowest BCUT2D eigenvalue weighted by Gasteiger charge is -2.28. The van der Waals surface area contributed by atoms with Crippen LogP contribution in [-0.2, 0) is 0 Å². The first kappa shape index (κ1) is 19.1. The van der Waals surface area contributed by atoms with Gasteiger partial charge in [-0.05, 0) is 67.4 Å². The molecule has 7 heteroatoms. The van der Waals surface area contributed by atoms with E-state index in [2.05, 4.69) is 38.9 Å². The number of hydrogen-bond acceptors (Lipinski definition) is 2. The quantitative estimate of drug-likeness (QED) is 0.471. The molecule has 2 aliphatic rings. The van der Waals surface area contributed by atoms with Crippen LogP contribution < -0.4 is 10.6 Å². The Bertz CT molecular complexity index is 1150. The van der Waals surface area contributed by atoms with Crippen LogP contribution in [0.25, 0.3) is 10.9 Å². The Hall–Kier alpha value is -2.93. The number of rotatable bonds is 3. The third-order valence-electron chi connectivity index (χ3n) is 5.92. The SMILES string of the molecule is Fc1ccc(NC(=S)Nc2ccc3[nH]cc(C4C=C5CCCN5CC4)c3c2)cc1F. The van der Waals surface area contributed by atoms with E-state index in [9.17, 15) is 8.78 Å². The van der Waals surface area contributed by atoms with Crippen molar-refractivity contribution in [2.24, 2.45) is 0 Å². The molecule has 2 aliphatic heterocycles. The molecule has 4 nitrogen and oxygen atoms in total. The molecule has 1 atom stereocenters. The number of halogens is 2. The molecule has 0 spiro atoms. The molecule has 2 aromatic carbocycles. The molecule has 0 aliphatic carbocycles. The zero-order valence-corrected chi connectivity index (χ0v) is 17.2. The van der Waals surface area contributed by atoms with Crippen LogP contribution in [0.15, 0.2) is 54.4 Å². The molecule has 3 aromatic rings. The number of anilines is 2. The Labute approximate surface area is 179 Å². The van der Waals surface area contributed by atoms with Crippen molar-refractivity contribution in [2.75, 3.05) is 23.7 Å². The molecule has 5 rings (SSSR count). The maximum Gasteiger partial charge on any atom is 0.175 e. The topological polar surface area (TPSA) is 43.1 Å². The van der Waals surface area contributed by atoms with Gasteiger partial charge in [-0.2, -0.15) is 0 Å². The second kappa shape index (κ2) is 7.72. The number of fused-ring (bicyclic) bond motifs is 2. The van der Waals surface area contributed by atoms with Crippen LogP contribution in [0.4, 0.5) is 20.2 Å². The van der Waals surface area contributed by atoms with Crippen molar-refractivity contribution >= 4 is 39.6 Å². The smallest absolute Gasteiger partial charge is 0.175 e. The van der Waals surface area contributed by atoms with Gasteiger partial charge in [-0.15, -0.1) is 0 Å². The van der Waals surface area contributed by atoms with Gasteiger partial charge in [-0.3, -0.25) is 0 Å². The summed E-state index contributed by atoms with van der Waals surface area (Å²) < 4.78 is 26.5. The first-order valence-electron chi connectivity index (χ1n) is 10.2. The number of nitrogens with zero attached hydrogens (tertiary/aromatic N) is 1. The van der Waals surface area contributed by atoms with Crippen LogP contribution in [0.3, 0.4) is 0 Å². The third kappa shape index (κ3) is 3.65. The Morgan fingerprint density at radius 1 is 1.03 bits per heavy atom. The molecule has 1 unspecified atom stereocenters. The van der Waals surface area contributed by atoms with Gasteiger partial charge in [0, 0.05) is 59.2 Å². The molecule has 0 amide bonds. The van der Waals surface area contributed by atoms with E-state index in [1.807, 2.05) is 12.1 Å². The van der Waals surface area contributed by atoms with Gasteiger partial charge < -0.3 is 20.5 Å². The number of allylic oxidation sites excluding steroid dienone is 2. The predicted molar refractivity (Wildman–Crippen MR) is 121 cm³/mol.